The van der Waals surface area contributed by atoms with Gasteiger partial charge in [0, 0.05) is 24.0 Å². The quantitative estimate of drug-likeness (QED) is 0.522. The molecular weight excluding hydrogens is 376 g/mol. The zero-order chi connectivity index (χ0) is 20.5. The second-order valence-electron chi connectivity index (χ2n) is 6.00. The highest BCUT2D eigenvalue weighted by Gasteiger charge is 2.22. The molecule has 0 spiro atoms. The molecule has 0 aliphatic carbocycles. The molecule has 0 aliphatic rings. The van der Waals surface area contributed by atoms with E-state index in [9.17, 15) is 9.59 Å². The van der Waals surface area contributed by atoms with Crippen LogP contribution in [0.4, 0.5) is 0 Å². The Morgan fingerprint density at radius 3 is 2.52 bits per heavy atom. The molecule has 0 bridgehead atoms. The summed E-state index contributed by atoms with van der Waals surface area (Å²) in [4.78, 5) is 40.1. The van der Waals surface area contributed by atoms with Crippen LogP contribution in [0.15, 0.2) is 47.5 Å². The number of amides is 1. The molecule has 1 amide bonds. The number of rotatable bonds is 5. The summed E-state index contributed by atoms with van der Waals surface area (Å²) in [5, 5.41) is 0. The van der Waals surface area contributed by atoms with Crippen molar-refractivity contribution in [3.8, 4) is 28.6 Å². The molecule has 0 saturated heterocycles. The number of carbonyl (C=O) groups excluding carboxylic acids is 1. The number of aromatic nitrogens is 5. The minimum atomic E-state index is -0.789. The van der Waals surface area contributed by atoms with Crippen molar-refractivity contribution in [1.82, 2.24) is 24.5 Å². The highest BCUT2D eigenvalue weighted by Crippen LogP contribution is 2.29. The maximum Gasteiger partial charge on any atom is 0.332 e. The van der Waals surface area contributed by atoms with E-state index in [-0.39, 0.29) is 22.7 Å². The van der Waals surface area contributed by atoms with Crippen LogP contribution >= 0.6 is 0 Å². The molecule has 3 heterocycles. The van der Waals surface area contributed by atoms with Crippen molar-refractivity contribution in [1.29, 1.82) is 0 Å². The number of hydrogen-bond acceptors (Lipinski definition) is 7. The Balaban J connectivity index is 2.06. The molecule has 146 valence electrons. The first kappa shape index (κ1) is 18.2. The lowest BCUT2D eigenvalue weighted by Crippen LogP contribution is -2.16. The first-order valence-corrected chi connectivity index (χ1v) is 8.49. The number of nitrogens with zero attached hydrogens (tertiary/aromatic N) is 4. The molecule has 0 radical (unpaired) electrons. The van der Waals surface area contributed by atoms with E-state index < -0.39 is 11.6 Å². The van der Waals surface area contributed by atoms with Crippen LogP contribution in [0, 0.1) is 0 Å². The standard InChI is InChI=1S/C19H16N6O4/c1-28-11-3-4-12(13(9-11)29-2)25-18-15(23-19(25)27)14(16(20)26)22-17(24-18)10-5-7-21-8-6-10/h3-9H,1-2H3,(H2,20,26)(H,23,27). The van der Waals surface area contributed by atoms with Crippen LogP contribution in [0.5, 0.6) is 11.5 Å². The van der Waals surface area contributed by atoms with Gasteiger partial charge in [0.15, 0.2) is 17.2 Å². The smallest absolute Gasteiger partial charge is 0.332 e. The topological polar surface area (TPSA) is 138 Å². The number of carbonyl (C=O) groups is 1. The van der Waals surface area contributed by atoms with Gasteiger partial charge in [-0.3, -0.25) is 9.78 Å². The summed E-state index contributed by atoms with van der Waals surface area (Å²) < 4.78 is 11.9. The summed E-state index contributed by atoms with van der Waals surface area (Å²) >= 11 is 0. The van der Waals surface area contributed by atoms with Gasteiger partial charge in [0.05, 0.1) is 19.9 Å². The van der Waals surface area contributed by atoms with Crippen LogP contribution in [0.2, 0.25) is 0 Å². The maximum atomic E-state index is 12.8. The number of hydrogen-bond donors (Lipinski definition) is 2. The Bertz CT molecular complexity index is 1280. The molecule has 0 atom stereocenters. The molecule has 0 aliphatic heterocycles. The first-order chi connectivity index (χ1) is 14.0. The fraction of sp³-hybridized carbons (Fsp3) is 0.105. The molecule has 0 saturated carbocycles. The average Bonchev–Trinajstić information content (AvgIpc) is 3.08. The normalized spacial score (nSPS) is 10.8. The van der Waals surface area contributed by atoms with Gasteiger partial charge in [-0.25, -0.2) is 19.3 Å². The molecule has 3 N–H and O–H groups in total. The van der Waals surface area contributed by atoms with Crippen molar-refractivity contribution in [2.45, 2.75) is 0 Å². The Morgan fingerprint density at radius 2 is 1.86 bits per heavy atom. The maximum absolute atomic E-state index is 12.8. The number of nitrogens with one attached hydrogen (secondary N) is 1. The van der Waals surface area contributed by atoms with Crippen LogP contribution in [0.25, 0.3) is 28.2 Å². The van der Waals surface area contributed by atoms with Gasteiger partial charge in [-0.1, -0.05) is 0 Å². The Kier molecular flexibility index (Phi) is 4.43. The number of benzene rings is 1. The van der Waals surface area contributed by atoms with Crippen molar-refractivity contribution in [3.63, 3.8) is 0 Å². The third-order valence-corrected chi connectivity index (χ3v) is 4.34. The molecule has 10 nitrogen and oxygen atoms in total. The molecule has 4 aromatic rings. The van der Waals surface area contributed by atoms with Crippen molar-refractivity contribution in [3.05, 3.63) is 58.9 Å². The molecule has 0 unspecified atom stereocenters. The van der Waals surface area contributed by atoms with E-state index >= 15 is 0 Å². The van der Waals surface area contributed by atoms with Gasteiger partial charge < -0.3 is 20.2 Å². The van der Waals surface area contributed by atoms with E-state index in [1.807, 2.05) is 0 Å². The van der Waals surface area contributed by atoms with Crippen LogP contribution in [0.1, 0.15) is 10.5 Å². The number of pyridine rings is 1. The van der Waals surface area contributed by atoms with Crippen molar-refractivity contribution in [2.75, 3.05) is 14.2 Å². The molecule has 4 rings (SSSR count). The van der Waals surface area contributed by atoms with Gasteiger partial charge in [-0.05, 0) is 24.3 Å². The second-order valence-corrected chi connectivity index (χ2v) is 6.00. The van der Waals surface area contributed by atoms with Crippen molar-refractivity contribution < 1.29 is 14.3 Å². The summed E-state index contributed by atoms with van der Waals surface area (Å²) in [5.41, 5.74) is 6.25. The third-order valence-electron chi connectivity index (χ3n) is 4.34. The Hall–Kier alpha value is -4.21. The van der Waals surface area contributed by atoms with Gasteiger partial charge >= 0.3 is 5.69 Å². The summed E-state index contributed by atoms with van der Waals surface area (Å²) in [5.74, 6) is 0.386. The number of methoxy groups -OCH3 is 2. The largest absolute Gasteiger partial charge is 0.497 e. The summed E-state index contributed by atoms with van der Waals surface area (Å²) in [6.45, 7) is 0. The van der Waals surface area contributed by atoms with E-state index in [2.05, 4.69) is 19.9 Å². The van der Waals surface area contributed by atoms with Gasteiger partial charge in [0.1, 0.15) is 17.0 Å². The number of imidazole rings is 1. The number of fused-ring (bicyclic) bond motifs is 1. The lowest BCUT2D eigenvalue weighted by Gasteiger charge is -2.11. The highest BCUT2D eigenvalue weighted by molar-refractivity contribution is 6.02. The van der Waals surface area contributed by atoms with E-state index in [1.165, 1.54) is 18.8 Å². The van der Waals surface area contributed by atoms with Crippen LogP contribution in [-0.4, -0.2) is 44.6 Å². The van der Waals surface area contributed by atoms with Gasteiger partial charge in [0.25, 0.3) is 5.91 Å². The molecular formula is C19H16N6O4. The monoisotopic (exact) mass is 392 g/mol. The lowest BCUT2D eigenvalue weighted by molar-refractivity contribution is 0.0997. The van der Waals surface area contributed by atoms with E-state index in [1.54, 1.807) is 42.7 Å². The van der Waals surface area contributed by atoms with Crippen LogP contribution in [-0.2, 0) is 0 Å². The Morgan fingerprint density at radius 1 is 1.10 bits per heavy atom. The predicted octanol–water partition coefficient (Wildman–Crippen LogP) is 1.29. The van der Waals surface area contributed by atoms with Crippen LogP contribution < -0.4 is 20.9 Å². The number of nitrogens with two attached hydrogens (primary N) is 1. The molecule has 3 aromatic heterocycles. The molecule has 1 aromatic carbocycles. The third kappa shape index (κ3) is 3.06. The van der Waals surface area contributed by atoms with Gasteiger partial charge in [0.2, 0.25) is 0 Å². The zero-order valence-electron chi connectivity index (χ0n) is 15.5. The van der Waals surface area contributed by atoms with E-state index in [0.717, 1.165) is 0 Å². The molecule has 29 heavy (non-hydrogen) atoms. The minimum absolute atomic E-state index is 0.0925. The lowest BCUT2D eigenvalue weighted by atomic mass is 10.2. The summed E-state index contributed by atoms with van der Waals surface area (Å²) in [7, 11) is 3.00. The van der Waals surface area contributed by atoms with Crippen LogP contribution in [0.3, 0.4) is 0 Å². The second kappa shape index (κ2) is 7.08. The van der Waals surface area contributed by atoms with E-state index in [0.29, 0.717) is 22.7 Å². The number of primary amides is 1. The SMILES string of the molecule is COc1ccc(-n2c(=O)[nH]c3c(C(N)=O)nc(-c4ccncc4)nc32)c(OC)c1. The van der Waals surface area contributed by atoms with Gasteiger partial charge in [-0.2, -0.15) is 0 Å². The Labute approximate surface area is 164 Å². The van der Waals surface area contributed by atoms with Crippen molar-refractivity contribution in [2.24, 2.45) is 5.73 Å². The minimum Gasteiger partial charge on any atom is -0.497 e. The van der Waals surface area contributed by atoms with Gasteiger partial charge in [-0.15, -0.1) is 0 Å². The van der Waals surface area contributed by atoms with E-state index in [4.69, 9.17) is 15.2 Å². The summed E-state index contributed by atoms with van der Waals surface area (Å²) in [6, 6.07) is 8.36. The molecule has 10 heteroatoms. The number of aromatic amines is 1. The first-order valence-electron chi connectivity index (χ1n) is 8.49. The molecule has 0 fully saturated rings. The average molecular weight is 392 g/mol. The predicted molar refractivity (Wildman–Crippen MR) is 104 cm³/mol. The fourth-order valence-electron chi connectivity index (χ4n) is 2.99. The fourth-order valence-corrected chi connectivity index (χ4v) is 2.99. The number of H-pyrrole nitrogens is 1. The summed E-state index contributed by atoms with van der Waals surface area (Å²) in [6.07, 6.45) is 3.15. The number of ether oxygens (including phenoxy) is 2. The zero-order valence-corrected chi connectivity index (χ0v) is 15.5. The van der Waals surface area contributed by atoms with Crippen molar-refractivity contribution >= 4 is 17.1 Å². The highest BCUT2D eigenvalue weighted by atomic mass is 16.5.